The third-order valence-electron chi connectivity index (χ3n) is 3.87. The Kier molecular flexibility index (Phi) is 3.98. The molecule has 0 radical (unpaired) electrons. The molecule has 5 heteroatoms. The van der Waals surface area contributed by atoms with Gasteiger partial charge >= 0.3 is 6.03 Å². The number of hydrogen-bond donors (Lipinski definition) is 2. The minimum absolute atomic E-state index is 0.262. The van der Waals surface area contributed by atoms with Crippen molar-refractivity contribution in [3.05, 3.63) is 60.2 Å². The van der Waals surface area contributed by atoms with Crippen molar-refractivity contribution in [3.63, 3.8) is 0 Å². The van der Waals surface area contributed by atoms with Crippen LogP contribution in [0.25, 0.3) is 0 Å². The molecule has 3 rings (SSSR count). The van der Waals surface area contributed by atoms with Gasteiger partial charge in [-0.1, -0.05) is 30.3 Å². The van der Waals surface area contributed by atoms with Gasteiger partial charge in [-0.25, -0.2) is 9.86 Å². The largest absolute Gasteiger partial charge is 0.457 e. The highest BCUT2D eigenvalue weighted by molar-refractivity contribution is 5.70. The first kappa shape index (κ1) is 14.4. The molecule has 1 aliphatic rings. The average molecular weight is 298 g/mol. The highest BCUT2D eigenvalue weighted by Gasteiger charge is 2.39. The molecule has 0 bridgehead atoms. The van der Waals surface area contributed by atoms with Crippen LogP contribution in [0.5, 0.6) is 11.5 Å². The van der Waals surface area contributed by atoms with E-state index in [-0.39, 0.29) is 12.5 Å². The molecule has 0 saturated heterocycles. The number of hydrogen-bond acceptors (Lipinski definition) is 3. The Balaban J connectivity index is 1.58. The summed E-state index contributed by atoms with van der Waals surface area (Å²) in [5.74, 6) is 2.21. The maximum atomic E-state index is 10.8. The minimum atomic E-state index is -0.808. The van der Waals surface area contributed by atoms with Gasteiger partial charge in [-0.2, -0.15) is 0 Å². The van der Waals surface area contributed by atoms with Gasteiger partial charge < -0.3 is 10.5 Å². The molecule has 0 aliphatic heterocycles. The van der Waals surface area contributed by atoms with Crippen molar-refractivity contribution in [3.8, 4) is 11.5 Å². The number of carbonyl (C=O) groups is 1. The van der Waals surface area contributed by atoms with Crippen molar-refractivity contribution < 1.29 is 14.7 Å². The molecule has 1 aliphatic carbocycles. The van der Waals surface area contributed by atoms with Crippen molar-refractivity contribution in [2.75, 3.05) is 6.54 Å². The van der Waals surface area contributed by atoms with Crippen LogP contribution in [0.3, 0.4) is 0 Å². The maximum Gasteiger partial charge on any atom is 0.338 e. The standard InChI is InChI=1S/C17H18N2O3/c18-17(20)19(21)11-13-10-16(13)12-6-8-15(9-7-12)22-14-4-2-1-3-5-14/h1-9,13,16,21H,10-11H2,(H2,18,20). The molecule has 5 nitrogen and oxygen atoms in total. The summed E-state index contributed by atoms with van der Waals surface area (Å²) < 4.78 is 5.75. The lowest BCUT2D eigenvalue weighted by Crippen LogP contribution is -2.34. The summed E-state index contributed by atoms with van der Waals surface area (Å²) in [4.78, 5) is 10.8. The fourth-order valence-electron chi connectivity index (χ4n) is 2.58. The molecule has 2 aromatic carbocycles. The van der Waals surface area contributed by atoms with E-state index in [4.69, 9.17) is 10.5 Å². The number of carbonyl (C=O) groups excluding carboxylic acids is 1. The van der Waals surface area contributed by atoms with Crippen LogP contribution in [0.1, 0.15) is 17.9 Å². The molecule has 0 heterocycles. The van der Waals surface area contributed by atoms with Gasteiger partial charge in [0, 0.05) is 0 Å². The van der Waals surface area contributed by atoms with Gasteiger partial charge in [-0.3, -0.25) is 5.21 Å². The first-order valence-corrected chi connectivity index (χ1v) is 7.22. The van der Waals surface area contributed by atoms with Crippen molar-refractivity contribution in [2.45, 2.75) is 12.3 Å². The van der Waals surface area contributed by atoms with E-state index in [1.807, 2.05) is 54.6 Å². The number of benzene rings is 2. The predicted octanol–water partition coefficient (Wildman–Crippen LogP) is 3.35. The Morgan fingerprint density at radius 2 is 1.77 bits per heavy atom. The van der Waals surface area contributed by atoms with E-state index in [1.165, 1.54) is 5.56 Å². The molecule has 0 aromatic heterocycles. The van der Waals surface area contributed by atoms with E-state index >= 15 is 0 Å². The van der Waals surface area contributed by atoms with Crippen LogP contribution in [0, 0.1) is 5.92 Å². The van der Waals surface area contributed by atoms with Gasteiger partial charge in [0.2, 0.25) is 0 Å². The Bertz CT molecular complexity index is 643. The molecule has 114 valence electrons. The van der Waals surface area contributed by atoms with Crippen molar-refractivity contribution in [1.82, 2.24) is 5.06 Å². The zero-order chi connectivity index (χ0) is 15.5. The zero-order valence-electron chi connectivity index (χ0n) is 12.1. The minimum Gasteiger partial charge on any atom is -0.457 e. The fourth-order valence-corrected chi connectivity index (χ4v) is 2.58. The molecule has 2 aromatic rings. The lowest BCUT2D eigenvalue weighted by Gasteiger charge is -2.11. The second-order valence-corrected chi connectivity index (χ2v) is 5.51. The van der Waals surface area contributed by atoms with Gasteiger partial charge in [0.15, 0.2) is 0 Å². The number of nitrogens with two attached hydrogens (primary N) is 1. The van der Waals surface area contributed by atoms with Crippen molar-refractivity contribution >= 4 is 6.03 Å². The van der Waals surface area contributed by atoms with Crippen molar-refractivity contribution in [2.24, 2.45) is 11.7 Å². The van der Waals surface area contributed by atoms with E-state index < -0.39 is 6.03 Å². The molecule has 22 heavy (non-hydrogen) atoms. The summed E-state index contributed by atoms with van der Waals surface area (Å²) >= 11 is 0. The SMILES string of the molecule is NC(=O)N(O)CC1CC1c1ccc(Oc2ccccc2)cc1. The molecule has 1 saturated carbocycles. The van der Waals surface area contributed by atoms with Crippen LogP contribution in [0.15, 0.2) is 54.6 Å². The summed E-state index contributed by atoms with van der Waals surface area (Å²) in [7, 11) is 0. The summed E-state index contributed by atoms with van der Waals surface area (Å²) in [5.41, 5.74) is 6.19. The normalized spacial score (nSPS) is 19.5. The quantitative estimate of drug-likeness (QED) is 0.656. The Hall–Kier alpha value is -2.53. The molecule has 2 amide bonds. The smallest absolute Gasteiger partial charge is 0.338 e. The predicted molar refractivity (Wildman–Crippen MR) is 81.9 cm³/mol. The molecule has 2 atom stereocenters. The zero-order valence-corrected chi connectivity index (χ0v) is 12.1. The lowest BCUT2D eigenvalue weighted by molar-refractivity contribution is -0.0431. The number of rotatable bonds is 5. The maximum absolute atomic E-state index is 10.8. The van der Waals surface area contributed by atoms with E-state index in [1.54, 1.807) is 0 Å². The van der Waals surface area contributed by atoms with Crippen LogP contribution in [0.4, 0.5) is 4.79 Å². The Labute approximate surface area is 128 Å². The number of primary amides is 1. The number of para-hydroxylation sites is 1. The van der Waals surface area contributed by atoms with Crippen LogP contribution < -0.4 is 10.5 Å². The first-order valence-electron chi connectivity index (χ1n) is 7.22. The second-order valence-electron chi connectivity index (χ2n) is 5.51. The summed E-state index contributed by atoms with van der Waals surface area (Å²) in [6.07, 6.45) is 0.948. The number of amides is 2. The van der Waals surface area contributed by atoms with Gasteiger partial charge in [-0.15, -0.1) is 0 Å². The van der Waals surface area contributed by atoms with Gasteiger partial charge in [-0.05, 0) is 48.1 Å². The fraction of sp³-hybridized carbons (Fsp3) is 0.235. The average Bonchev–Trinajstić information content (AvgIpc) is 3.28. The monoisotopic (exact) mass is 298 g/mol. The summed E-state index contributed by atoms with van der Waals surface area (Å²) in [5, 5.41) is 9.93. The van der Waals surface area contributed by atoms with Crippen LogP contribution in [-0.4, -0.2) is 22.8 Å². The van der Waals surface area contributed by atoms with Gasteiger partial charge in [0.05, 0.1) is 6.54 Å². The first-order chi connectivity index (χ1) is 10.6. The summed E-state index contributed by atoms with van der Waals surface area (Å²) in [6.45, 7) is 0.280. The van der Waals surface area contributed by atoms with Crippen LogP contribution in [-0.2, 0) is 0 Å². The highest BCUT2D eigenvalue weighted by atomic mass is 16.5. The number of hydroxylamine groups is 2. The highest BCUT2D eigenvalue weighted by Crippen LogP contribution is 2.48. The lowest BCUT2D eigenvalue weighted by atomic mass is 10.1. The molecule has 2 unspecified atom stereocenters. The van der Waals surface area contributed by atoms with E-state index in [0.29, 0.717) is 11.0 Å². The van der Waals surface area contributed by atoms with E-state index in [2.05, 4.69) is 0 Å². The molecule has 0 spiro atoms. The van der Waals surface area contributed by atoms with Gasteiger partial charge in [0.25, 0.3) is 0 Å². The topological polar surface area (TPSA) is 75.8 Å². The Morgan fingerprint density at radius 3 is 2.41 bits per heavy atom. The van der Waals surface area contributed by atoms with E-state index in [9.17, 15) is 10.0 Å². The number of ether oxygens (including phenoxy) is 1. The summed E-state index contributed by atoms with van der Waals surface area (Å²) in [6, 6.07) is 16.7. The van der Waals surface area contributed by atoms with Gasteiger partial charge in [0.1, 0.15) is 11.5 Å². The third kappa shape index (κ3) is 3.38. The second kappa shape index (κ2) is 6.07. The third-order valence-corrected chi connectivity index (χ3v) is 3.87. The van der Waals surface area contributed by atoms with Crippen LogP contribution >= 0.6 is 0 Å². The van der Waals surface area contributed by atoms with Crippen molar-refractivity contribution in [1.29, 1.82) is 0 Å². The molecule has 1 fully saturated rings. The van der Waals surface area contributed by atoms with Crippen LogP contribution in [0.2, 0.25) is 0 Å². The Morgan fingerprint density at radius 1 is 1.14 bits per heavy atom. The number of nitrogens with zero attached hydrogens (tertiary/aromatic N) is 1. The molecular weight excluding hydrogens is 280 g/mol. The van der Waals surface area contributed by atoms with E-state index in [0.717, 1.165) is 17.9 Å². The number of urea groups is 1. The molecular formula is C17H18N2O3. The molecule has 3 N–H and O–H groups in total.